The predicted octanol–water partition coefficient (Wildman–Crippen LogP) is 4.23. The first kappa shape index (κ1) is 13.0. The van der Waals surface area contributed by atoms with Crippen molar-refractivity contribution in [1.29, 1.82) is 0 Å². The van der Waals surface area contributed by atoms with Gasteiger partial charge < -0.3 is 5.32 Å². The van der Waals surface area contributed by atoms with Crippen LogP contribution < -0.4 is 5.32 Å². The molecule has 3 fully saturated rings. The first-order valence-electron chi connectivity index (χ1n) is 8.10. The second-order valence-electron chi connectivity index (χ2n) is 8.50. The zero-order valence-corrected chi connectivity index (χ0v) is 12.9. The monoisotopic (exact) mass is 249 g/mol. The molecule has 0 heterocycles. The third kappa shape index (κ3) is 1.62. The number of fused-ring (bicyclic) bond motifs is 2. The maximum atomic E-state index is 4.03. The van der Waals surface area contributed by atoms with Gasteiger partial charge in [0, 0.05) is 12.1 Å². The minimum Gasteiger partial charge on any atom is -0.311 e. The van der Waals surface area contributed by atoms with Crippen molar-refractivity contribution in [3.63, 3.8) is 0 Å². The van der Waals surface area contributed by atoms with Gasteiger partial charge in [-0.15, -0.1) is 0 Å². The van der Waals surface area contributed by atoms with Gasteiger partial charge >= 0.3 is 0 Å². The second kappa shape index (κ2) is 3.98. The highest BCUT2D eigenvalue weighted by molar-refractivity contribution is 5.13. The van der Waals surface area contributed by atoms with Gasteiger partial charge in [-0.3, -0.25) is 0 Å². The van der Waals surface area contributed by atoms with E-state index in [9.17, 15) is 0 Å². The molecule has 2 bridgehead atoms. The first-order valence-corrected chi connectivity index (χ1v) is 8.10. The summed E-state index contributed by atoms with van der Waals surface area (Å²) in [6, 6.07) is 1.62. The Kier molecular flexibility index (Phi) is 2.86. The molecule has 0 spiro atoms. The molecule has 0 amide bonds. The molecular formula is C17H31N. The Morgan fingerprint density at radius 2 is 1.72 bits per heavy atom. The minimum absolute atomic E-state index is 0.556. The van der Waals surface area contributed by atoms with Gasteiger partial charge in [0.05, 0.1) is 0 Å². The summed E-state index contributed by atoms with van der Waals surface area (Å²) in [7, 11) is 0. The standard InChI is InChI=1S/C17H31N/c1-11(2)12-8-14(9-12)18-15-10-13-6-7-17(15,5)16(13,3)4/h11-15,18H,6-10H2,1-5H3. The van der Waals surface area contributed by atoms with Crippen molar-refractivity contribution in [2.45, 2.75) is 78.8 Å². The molecule has 1 heteroatoms. The normalized spacial score (nSPS) is 49.7. The van der Waals surface area contributed by atoms with Gasteiger partial charge in [0.1, 0.15) is 0 Å². The van der Waals surface area contributed by atoms with Crippen LogP contribution in [0.25, 0.3) is 0 Å². The van der Waals surface area contributed by atoms with Gasteiger partial charge in [0.15, 0.2) is 0 Å². The predicted molar refractivity (Wildman–Crippen MR) is 77.5 cm³/mol. The molecule has 3 rings (SSSR count). The molecule has 18 heavy (non-hydrogen) atoms. The molecule has 0 aromatic rings. The van der Waals surface area contributed by atoms with Crippen LogP contribution in [-0.4, -0.2) is 12.1 Å². The van der Waals surface area contributed by atoms with E-state index in [-0.39, 0.29) is 0 Å². The van der Waals surface area contributed by atoms with Crippen LogP contribution in [0.3, 0.4) is 0 Å². The third-order valence-electron chi connectivity index (χ3n) is 7.35. The molecular weight excluding hydrogens is 218 g/mol. The van der Waals surface area contributed by atoms with E-state index >= 15 is 0 Å². The summed E-state index contributed by atoms with van der Waals surface area (Å²) in [6.07, 6.45) is 7.21. The summed E-state index contributed by atoms with van der Waals surface area (Å²) >= 11 is 0. The average molecular weight is 249 g/mol. The molecule has 3 saturated carbocycles. The van der Waals surface area contributed by atoms with Gasteiger partial charge in [0.2, 0.25) is 0 Å². The lowest BCUT2D eigenvalue weighted by atomic mass is 9.68. The molecule has 0 aromatic heterocycles. The Balaban J connectivity index is 1.60. The fourth-order valence-corrected chi connectivity index (χ4v) is 5.08. The molecule has 1 N–H and O–H groups in total. The van der Waals surface area contributed by atoms with Crippen molar-refractivity contribution < 1.29 is 0 Å². The third-order valence-corrected chi connectivity index (χ3v) is 7.35. The SMILES string of the molecule is CC(C)C1CC(NC2CC3CCC2(C)C3(C)C)C1. The molecule has 0 saturated heterocycles. The van der Waals surface area contributed by atoms with E-state index in [1.807, 2.05) is 0 Å². The van der Waals surface area contributed by atoms with Gasteiger partial charge in [-0.2, -0.15) is 0 Å². The Hall–Kier alpha value is -0.0400. The molecule has 3 unspecified atom stereocenters. The van der Waals surface area contributed by atoms with E-state index in [2.05, 4.69) is 39.9 Å². The number of rotatable bonds is 3. The number of nitrogens with one attached hydrogen (secondary N) is 1. The highest BCUT2D eigenvalue weighted by atomic mass is 15.0. The van der Waals surface area contributed by atoms with E-state index in [4.69, 9.17) is 0 Å². The summed E-state index contributed by atoms with van der Waals surface area (Å²) in [5.74, 6) is 2.85. The highest BCUT2D eigenvalue weighted by Gasteiger charge is 2.61. The molecule has 3 aliphatic rings. The summed E-state index contributed by atoms with van der Waals surface area (Å²) in [5.41, 5.74) is 1.12. The van der Waals surface area contributed by atoms with Crippen LogP contribution in [0.2, 0.25) is 0 Å². The fourth-order valence-electron chi connectivity index (χ4n) is 5.08. The molecule has 3 atom stereocenters. The zero-order valence-electron chi connectivity index (χ0n) is 12.9. The van der Waals surface area contributed by atoms with E-state index < -0.39 is 0 Å². The number of hydrogen-bond acceptors (Lipinski definition) is 1. The van der Waals surface area contributed by atoms with E-state index in [1.54, 1.807) is 0 Å². The Bertz CT molecular complexity index is 327. The van der Waals surface area contributed by atoms with Gasteiger partial charge in [-0.05, 0) is 60.7 Å². The highest BCUT2D eigenvalue weighted by Crippen LogP contribution is 2.65. The fraction of sp³-hybridized carbons (Fsp3) is 1.00. The van der Waals surface area contributed by atoms with Crippen LogP contribution in [0.1, 0.15) is 66.7 Å². The summed E-state index contributed by atoms with van der Waals surface area (Å²) < 4.78 is 0. The first-order chi connectivity index (χ1) is 8.34. The van der Waals surface area contributed by atoms with Crippen LogP contribution in [0, 0.1) is 28.6 Å². The lowest BCUT2D eigenvalue weighted by molar-refractivity contribution is 0.0860. The summed E-state index contributed by atoms with van der Waals surface area (Å²) in [5, 5.41) is 4.03. The maximum Gasteiger partial charge on any atom is 0.0131 e. The minimum atomic E-state index is 0.556. The van der Waals surface area contributed by atoms with Gasteiger partial charge in [-0.1, -0.05) is 34.6 Å². The lowest BCUT2D eigenvalue weighted by Crippen LogP contribution is -2.53. The van der Waals surface area contributed by atoms with E-state index in [0.29, 0.717) is 10.8 Å². The van der Waals surface area contributed by atoms with Crippen molar-refractivity contribution in [2.75, 3.05) is 0 Å². The smallest absolute Gasteiger partial charge is 0.0131 e. The van der Waals surface area contributed by atoms with Crippen LogP contribution in [0.4, 0.5) is 0 Å². The van der Waals surface area contributed by atoms with Crippen molar-refractivity contribution in [1.82, 2.24) is 5.32 Å². The zero-order chi connectivity index (χ0) is 13.1. The van der Waals surface area contributed by atoms with Crippen LogP contribution in [-0.2, 0) is 0 Å². The molecule has 0 radical (unpaired) electrons. The summed E-state index contributed by atoms with van der Waals surface area (Å²) in [6.45, 7) is 12.3. The largest absolute Gasteiger partial charge is 0.311 e. The van der Waals surface area contributed by atoms with Crippen molar-refractivity contribution in [3.8, 4) is 0 Å². The maximum absolute atomic E-state index is 4.03. The van der Waals surface area contributed by atoms with Crippen LogP contribution >= 0.6 is 0 Å². The average Bonchev–Trinajstić information content (AvgIpc) is 2.54. The molecule has 1 nitrogen and oxygen atoms in total. The van der Waals surface area contributed by atoms with Crippen molar-refractivity contribution in [2.24, 2.45) is 28.6 Å². The topological polar surface area (TPSA) is 12.0 Å². The van der Waals surface area contributed by atoms with Gasteiger partial charge in [-0.25, -0.2) is 0 Å². The van der Waals surface area contributed by atoms with Crippen molar-refractivity contribution in [3.05, 3.63) is 0 Å². The second-order valence-corrected chi connectivity index (χ2v) is 8.50. The Morgan fingerprint density at radius 1 is 1.06 bits per heavy atom. The van der Waals surface area contributed by atoms with E-state index in [0.717, 1.165) is 29.8 Å². The molecule has 0 aliphatic heterocycles. The van der Waals surface area contributed by atoms with Crippen LogP contribution in [0.5, 0.6) is 0 Å². The number of hydrogen-bond donors (Lipinski definition) is 1. The lowest BCUT2D eigenvalue weighted by Gasteiger charge is -2.45. The van der Waals surface area contributed by atoms with Crippen molar-refractivity contribution >= 4 is 0 Å². The summed E-state index contributed by atoms with van der Waals surface area (Å²) in [4.78, 5) is 0. The van der Waals surface area contributed by atoms with E-state index in [1.165, 1.54) is 32.1 Å². The Morgan fingerprint density at radius 3 is 2.17 bits per heavy atom. The van der Waals surface area contributed by atoms with Gasteiger partial charge in [0.25, 0.3) is 0 Å². The Labute approximate surface area is 113 Å². The molecule has 0 aromatic carbocycles. The molecule has 104 valence electrons. The molecule has 3 aliphatic carbocycles. The van der Waals surface area contributed by atoms with Crippen LogP contribution in [0.15, 0.2) is 0 Å². The quantitative estimate of drug-likeness (QED) is 0.789.